The van der Waals surface area contributed by atoms with Crippen molar-refractivity contribution in [1.29, 1.82) is 0 Å². The topological polar surface area (TPSA) is 79.5 Å². The molecule has 2 heterocycles. The third-order valence-corrected chi connectivity index (χ3v) is 6.73. The number of nitrogens with one attached hydrogen (secondary N) is 1. The highest BCUT2D eigenvalue weighted by molar-refractivity contribution is 7.91. The molecule has 0 saturated carbocycles. The van der Waals surface area contributed by atoms with Crippen LogP contribution in [-0.4, -0.2) is 20.1 Å². The Kier molecular flexibility index (Phi) is 3.87. The van der Waals surface area contributed by atoms with E-state index in [4.69, 9.17) is 16.0 Å². The lowest BCUT2D eigenvalue weighted by Crippen LogP contribution is -2.42. The maximum Gasteiger partial charge on any atom is 0.250 e. The molecule has 0 spiro atoms. The second-order valence-electron chi connectivity index (χ2n) is 5.03. The molecule has 1 aliphatic rings. The number of fused-ring (bicyclic) bond motifs is 1. The molecule has 1 unspecified atom stereocenters. The van der Waals surface area contributed by atoms with Crippen molar-refractivity contribution >= 4 is 33.0 Å². The third kappa shape index (κ3) is 2.89. The molecule has 0 aromatic carbocycles. The number of rotatable bonds is 4. The first-order chi connectivity index (χ1) is 9.91. The first kappa shape index (κ1) is 15.1. The molecule has 2 aromatic rings. The van der Waals surface area contributed by atoms with E-state index in [0.29, 0.717) is 16.3 Å². The summed E-state index contributed by atoms with van der Waals surface area (Å²) >= 11 is 6.74. The molecule has 0 radical (unpaired) electrons. The summed E-state index contributed by atoms with van der Waals surface area (Å²) in [6.45, 7) is -0.0859. The van der Waals surface area contributed by atoms with Gasteiger partial charge >= 0.3 is 0 Å². The van der Waals surface area contributed by atoms with Gasteiger partial charge in [0.25, 0.3) is 0 Å². The van der Waals surface area contributed by atoms with Crippen molar-refractivity contribution in [3.8, 4) is 0 Å². The fourth-order valence-electron chi connectivity index (χ4n) is 2.54. The van der Waals surface area contributed by atoms with Gasteiger partial charge in [-0.1, -0.05) is 11.6 Å². The summed E-state index contributed by atoms with van der Waals surface area (Å²) < 4.78 is 32.7. The molecule has 0 amide bonds. The van der Waals surface area contributed by atoms with Gasteiger partial charge in [0.1, 0.15) is 15.6 Å². The van der Waals surface area contributed by atoms with Crippen LogP contribution in [0.3, 0.4) is 0 Å². The van der Waals surface area contributed by atoms with Crippen LogP contribution in [-0.2, 0) is 22.0 Å². The monoisotopic (exact) mass is 347 g/mol. The molecule has 1 atom stereocenters. The summed E-state index contributed by atoms with van der Waals surface area (Å²) in [6.07, 6.45) is 3.53. The van der Waals surface area contributed by atoms with Crippen LogP contribution in [0.1, 0.15) is 24.2 Å². The number of aryl methyl sites for hydroxylation is 1. The van der Waals surface area contributed by atoms with E-state index < -0.39 is 15.6 Å². The summed E-state index contributed by atoms with van der Waals surface area (Å²) in [5.41, 5.74) is -0.560. The van der Waals surface area contributed by atoms with Crippen LogP contribution in [0.4, 0.5) is 0 Å². The number of hydrogen-bond acceptors (Lipinski definition) is 5. The van der Waals surface area contributed by atoms with Gasteiger partial charge in [-0.25, -0.2) is 13.1 Å². The third-order valence-electron chi connectivity index (χ3n) is 3.61. The van der Waals surface area contributed by atoms with Crippen molar-refractivity contribution in [3.63, 3.8) is 0 Å². The van der Waals surface area contributed by atoms with Gasteiger partial charge in [-0.15, -0.1) is 11.3 Å². The van der Waals surface area contributed by atoms with Gasteiger partial charge in [0.15, 0.2) is 0 Å². The molecule has 2 N–H and O–H groups in total. The van der Waals surface area contributed by atoms with Crippen LogP contribution < -0.4 is 4.72 Å². The Morgan fingerprint density at radius 2 is 2.24 bits per heavy atom. The molecule has 114 valence electrons. The van der Waals surface area contributed by atoms with E-state index in [1.807, 2.05) is 0 Å². The second-order valence-corrected chi connectivity index (χ2v) is 8.73. The van der Waals surface area contributed by atoms with Crippen LogP contribution in [0.25, 0.3) is 0 Å². The van der Waals surface area contributed by atoms with E-state index in [0.717, 1.165) is 29.9 Å². The highest BCUT2D eigenvalue weighted by atomic mass is 35.5. The molecule has 3 rings (SSSR count). The first-order valence-corrected chi connectivity index (χ1v) is 9.13. The summed E-state index contributed by atoms with van der Waals surface area (Å²) in [5.74, 6) is 0.724. The van der Waals surface area contributed by atoms with Crippen LogP contribution in [0.5, 0.6) is 0 Å². The average Bonchev–Trinajstić information content (AvgIpc) is 3.06. The van der Waals surface area contributed by atoms with Gasteiger partial charge in [-0.2, -0.15) is 0 Å². The zero-order valence-corrected chi connectivity index (χ0v) is 13.4. The van der Waals surface area contributed by atoms with Crippen LogP contribution in [0.2, 0.25) is 4.34 Å². The van der Waals surface area contributed by atoms with Gasteiger partial charge in [-0.05, 0) is 31.0 Å². The van der Waals surface area contributed by atoms with Crippen molar-refractivity contribution in [3.05, 3.63) is 40.1 Å². The van der Waals surface area contributed by atoms with Gasteiger partial charge in [0, 0.05) is 18.5 Å². The summed E-state index contributed by atoms with van der Waals surface area (Å²) in [5, 5.41) is 10.7. The quantitative estimate of drug-likeness (QED) is 0.890. The Hall–Kier alpha value is -0.860. The maximum absolute atomic E-state index is 12.2. The minimum Gasteiger partial charge on any atom is -0.469 e. The van der Waals surface area contributed by atoms with Gasteiger partial charge in [0.05, 0.1) is 10.6 Å². The minimum absolute atomic E-state index is 0.0859. The molecular weight excluding hydrogens is 334 g/mol. The Bertz CT molecular complexity index is 752. The number of halogens is 1. The van der Waals surface area contributed by atoms with E-state index in [1.165, 1.54) is 18.4 Å². The van der Waals surface area contributed by atoms with Crippen LogP contribution >= 0.6 is 22.9 Å². The lowest BCUT2D eigenvalue weighted by molar-refractivity contribution is 0.0221. The Morgan fingerprint density at radius 3 is 2.95 bits per heavy atom. The van der Waals surface area contributed by atoms with Gasteiger partial charge in [0.2, 0.25) is 10.0 Å². The van der Waals surface area contributed by atoms with Crippen LogP contribution in [0.15, 0.2) is 33.1 Å². The summed E-state index contributed by atoms with van der Waals surface area (Å²) in [6, 6.07) is 4.68. The molecule has 0 bridgehead atoms. The van der Waals surface area contributed by atoms with Crippen LogP contribution in [0, 0.1) is 0 Å². The molecule has 5 nitrogen and oxygen atoms in total. The van der Waals surface area contributed by atoms with Crippen molar-refractivity contribution < 1.29 is 17.9 Å². The number of hydrogen-bond donors (Lipinski definition) is 2. The molecule has 8 heteroatoms. The van der Waals surface area contributed by atoms with Gasteiger partial charge in [-0.3, -0.25) is 0 Å². The molecular formula is C13H14ClNO4S2. The zero-order valence-electron chi connectivity index (χ0n) is 11.0. The highest BCUT2D eigenvalue weighted by Gasteiger charge is 2.37. The number of sulfonamides is 1. The predicted octanol–water partition coefficient (Wildman–Crippen LogP) is 2.50. The standard InChI is InChI=1S/C13H14ClNO4S2/c14-11-3-4-12(20-11)21(17,18)15-8-13(16)6-1-2-10-9(13)5-7-19-10/h3-5,7,15-16H,1-2,6,8H2. The Labute approximate surface area is 131 Å². The number of furan rings is 1. The normalized spacial score (nSPS) is 22.2. The van der Waals surface area contributed by atoms with E-state index >= 15 is 0 Å². The smallest absolute Gasteiger partial charge is 0.250 e. The molecule has 0 fully saturated rings. The molecule has 0 aliphatic heterocycles. The number of thiophene rings is 1. The average molecular weight is 348 g/mol. The van der Waals surface area contributed by atoms with Crippen molar-refractivity contribution in [1.82, 2.24) is 4.72 Å². The lowest BCUT2D eigenvalue weighted by Gasteiger charge is -2.31. The SMILES string of the molecule is O=S(=O)(NCC1(O)CCCc2occc21)c1ccc(Cl)s1. The largest absolute Gasteiger partial charge is 0.469 e. The number of aliphatic hydroxyl groups is 1. The Balaban J connectivity index is 1.79. The minimum atomic E-state index is -3.67. The molecule has 2 aromatic heterocycles. The van der Waals surface area contributed by atoms with Crippen molar-refractivity contribution in [2.24, 2.45) is 0 Å². The second kappa shape index (κ2) is 5.40. The highest BCUT2D eigenvalue weighted by Crippen LogP contribution is 2.36. The first-order valence-electron chi connectivity index (χ1n) is 6.45. The molecule has 0 saturated heterocycles. The summed E-state index contributed by atoms with van der Waals surface area (Å²) in [4.78, 5) is 0. The van der Waals surface area contributed by atoms with E-state index in [9.17, 15) is 13.5 Å². The maximum atomic E-state index is 12.2. The summed E-state index contributed by atoms with van der Waals surface area (Å²) in [7, 11) is -3.67. The fourth-order valence-corrected chi connectivity index (χ4v) is 5.15. The Morgan fingerprint density at radius 1 is 1.43 bits per heavy atom. The zero-order chi connectivity index (χ0) is 15.1. The van der Waals surface area contributed by atoms with Crippen molar-refractivity contribution in [2.75, 3.05) is 6.54 Å². The van der Waals surface area contributed by atoms with Crippen molar-refractivity contribution in [2.45, 2.75) is 29.1 Å². The predicted molar refractivity (Wildman–Crippen MR) is 80.1 cm³/mol. The lowest BCUT2D eigenvalue weighted by atomic mass is 9.83. The van der Waals surface area contributed by atoms with E-state index in [-0.39, 0.29) is 10.8 Å². The molecule has 1 aliphatic carbocycles. The van der Waals surface area contributed by atoms with E-state index in [2.05, 4.69) is 4.72 Å². The van der Waals surface area contributed by atoms with Gasteiger partial charge < -0.3 is 9.52 Å². The van der Waals surface area contributed by atoms with E-state index in [1.54, 1.807) is 6.07 Å². The molecule has 21 heavy (non-hydrogen) atoms. The fraction of sp³-hybridized carbons (Fsp3) is 0.385.